The monoisotopic (exact) mass is 179 g/mol. The van der Waals surface area contributed by atoms with E-state index in [-0.39, 0.29) is 12.4 Å². The summed E-state index contributed by atoms with van der Waals surface area (Å²) in [7, 11) is 0. The van der Waals surface area contributed by atoms with Crippen molar-refractivity contribution in [3.63, 3.8) is 0 Å². The maximum Gasteiger partial charge on any atom is 0.414 e. The summed E-state index contributed by atoms with van der Waals surface area (Å²) < 4.78 is 33.6. The average molecular weight is 180 g/mol. The number of carbonyl (C=O) groups is 1. The second-order valence-electron chi connectivity index (χ2n) is 1.36. The maximum atomic E-state index is 11.2. The Labute approximate surface area is 60.4 Å². The molecule has 10 heavy (non-hydrogen) atoms. The molecule has 0 aliphatic carbocycles. The smallest absolute Gasteiger partial charge is 0.414 e. The van der Waals surface area contributed by atoms with E-state index < -0.39 is 18.2 Å². The maximum absolute atomic E-state index is 11.2. The molecule has 0 aliphatic rings. The van der Waals surface area contributed by atoms with Crippen molar-refractivity contribution >= 4 is 18.4 Å². The second kappa shape index (κ2) is 3.62. The van der Waals surface area contributed by atoms with E-state index in [9.17, 15) is 18.0 Å². The zero-order valence-corrected chi connectivity index (χ0v) is 5.37. The van der Waals surface area contributed by atoms with Gasteiger partial charge in [0.25, 0.3) is 0 Å². The fourth-order valence-electron chi connectivity index (χ4n) is 0.140. The Morgan fingerprint density at radius 3 is 1.80 bits per heavy atom. The van der Waals surface area contributed by atoms with Crippen LogP contribution in [0.4, 0.5) is 13.2 Å². The van der Waals surface area contributed by atoms with Crippen molar-refractivity contribution in [3.8, 4) is 0 Å². The number of carboxylic acid groups (broad SMARTS) is 1. The first kappa shape index (κ1) is 12.2. The van der Waals surface area contributed by atoms with E-state index in [4.69, 9.17) is 5.11 Å². The SMILES string of the molecule is Cl.N[C@@H](C(=O)O)C(F)(F)F. The van der Waals surface area contributed by atoms with Gasteiger partial charge >= 0.3 is 12.1 Å². The van der Waals surface area contributed by atoms with E-state index in [1.807, 2.05) is 0 Å². The molecule has 3 N–H and O–H groups in total. The van der Waals surface area contributed by atoms with Crippen LogP contribution in [0.5, 0.6) is 0 Å². The van der Waals surface area contributed by atoms with Gasteiger partial charge in [-0.2, -0.15) is 13.2 Å². The zero-order chi connectivity index (χ0) is 7.65. The topological polar surface area (TPSA) is 63.3 Å². The lowest BCUT2D eigenvalue weighted by Crippen LogP contribution is -2.44. The summed E-state index contributed by atoms with van der Waals surface area (Å²) in [5.74, 6) is -2.07. The Bertz CT molecular complexity index is 125. The highest BCUT2D eigenvalue weighted by Crippen LogP contribution is 2.17. The van der Waals surface area contributed by atoms with Gasteiger partial charge in [0.15, 0.2) is 6.04 Å². The highest BCUT2D eigenvalue weighted by Gasteiger charge is 2.41. The molecule has 1 atom stereocenters. The molecule has 0 aromatic rings. The number of rotatable bonds is 1. The summed E-state index contributed by atoms with van der Waals surface area (Å²) in [5.41, 5.74) is 4.17. The summed E-state index contributed by atoms with van der Waals surface area (Å²) in [6.45, 7) is 0. The molecule has 0 aromatic carbocycles. The van der Waals surface area contributed by atoms with Crippen molar-refractivity contribution in [1.82, 2.24) is 0 Å². The quantitative estimate of drug-likeness (QED) is 0.612. The Morgan fingerprint density at radius 2 is 1.80 bits per heavy atom. The number of hydrogen-bond donors (Lipinski definition) is 2. The third kappa shape index (κ3) is 3.52. The van der Waals surface area contributed by atoms with Crippen LogP contribution in [-0.4, -0.2) is 23.3 Å². The largest absolute Gasteiger partial charge is 0.480 e. The standard InChI is InChI=1S/C3H4F3NO2.ClH/c4-3(5,6)1(7)2(8)9;/h1H,7H2,(H,8,9);1H/t1-;/m0./s1. The fraction of sp³-hybridized carbons (Fsp3) is 0.667. The Morgan fingerprint density at radius 1 is 1.50 bits per heavy atom. The fourth-order valence-corrected chi connectivity index (χ4v) is 0.140. The Hall–Kier alpha value is -0.490. The number of nitrogens with two attached hydrogens (primary N) is 1. The lowest BCUT2D eigenvalue weighted by atomic mass is 10.3. The van der Waals surface area contributed by atoms with E-state index >= 15 is 0 Å². The van der Waals surface area contributed by atoms with Crippen LogP contribution in [0, 0.1) is 0 Å². The minimum Gasteiger partial charge on any atom is -0.480 e. The average Bonchev–Trinajstić information content (AvgIpc) is 1.62. The van der Waals surface area contributed by atoms with Gasteiger partial charge in [-0.3, -0.25) is 4.79 Å². The van der Waals surface area contributed by atoms with Gasteiger partial charge in [-0.25, -0.2) is 0 Å². The van der Waals surface area contributed by atoms with E-state index in [1.165, 1.54) is 0 Å². The van der Waals surface area contributed by atoms with Crippen LogP contribution in [0.3, 0.4) is 0 Å². The third-order valence-corrected chi connectivity index (χ3v) is 0.619. The molecule has 0 unspecified atom stereocenters. The lowest BCUT2D eigenvalue weighted by Gasteiger charge is -2.09. The van der Waals surface area contributed by atoms with Crippen LogP contribution in [0.25, 0.3) is 0 Å². The van der Waals surface area contributed by atoms with E-state index in [1.54, 1.807) is 0 Å². The Balaban J connectivity index is 0. The normalized spacial score (nSPS) is 13.6. The molecule has 3 nitrogen and oxygen atoms in total. The van der Waals surface area contributed by atoms with Gasteiger partial charge in [0.1, 0.15) is 0 Å². The molecule has 0 saturated carbocycles. The minimum atomic E-state index is -4.84. The molecular formula is C3H5ClF3NO2. The zero-order valence-electron chi connectivity index (χ0n) is 4.55. The first-order valence-corrected chi connectivity index (χ1v) is 1.91. The van der Waals surface area contributed by atoms with Gasteiger partial charge in [0, 0.05) is 0 Å². The summed E-state index contributed by atoms with van der Waals surface area (Å²) >= 11 is 0. The van der Waals surface area contributed by atoms with Crippen molar-refractivity contribution in [2.24, 2.45) is 5.73 Å². The number of halogens is 4. The molecule has 62 valence electrons. The number of carboxylic acids is 1. The first-order chi connectivity index (χ1) is 3.85. The van der Waals surface area contributed by atoms with Crippen LogP contribution in [0.2, 0.25) is 0 Å². The predicted octanol–water partition coefficient (Wildman–Crippen LogP) is 0.382. The third-order valence-electron chi connectivity index (χ3n) is 0.619. The van der Waals surface area contributed by atoms with Crippen LogP contribution in [0.1, 0.15) is 0 Å². The minimum absolute atomic E-state index is 0. The van der Waals surface area contributed by atoms with Crippen molar-refractivity contribution in [2.75, 3.05) is 0 Å². The molecule has 0 aromatic heterocycles. The highest BCUT2D eigenvalue weighted by molar-refractivity contribution is 5.85. The predicted molar refractivity (Wildman–Crippen MR) is 28.9 cm³/mol. The summed E-state index contributed by atoms with van der Waals surface area (Å²) in [6, 6.07) is -2.77. The van der Waals surface area contributed by atoms with Crippen molar-refractivity contribution < 1.29 is 23.1 Å². The molecule has 0 saturated heterocycles. The van der Waals surface area contributed by atoms with Gasteiger partial charge in [-0.15, -0.1) is 12.4 Å². The van der Waals surface area contributed by atoms with Crippen molar-refractivity contribution in [2.45, 2.75) is 12.2 Å². The first-order valence-electron chi connectivity index (χ1n) is 1.91. The number of hydrogen-bond acceptors (Lipinski definition) is 2. The molecule has 0 spiro atoms. The summed E-state index contributed by atoms with van der Waals surface area (Å²) in [5, 5.41) is 7.67. The number of alkyl halides is 3. The molecule has 0 aliphatic heterocycles. The molecule has 0 fully saturated rings. The van der Waals surface area contributed by atoms with Gasteiger partial charge in [0.05, 0.1) is 0 Å². The molecule has 7 heteroatoms. The van der Waals surface area contributed by atoms with Crippen LogP contribution in [0.15, 0.2) is 0 Å². The molecule has 0 amide bonds. The molecule has 0 heterocycles. The van der Waals surface area contributed by atoms with Crippen molar-refractivity contribution in [3.05, 3.63) is 0 Å². The van der Waals surface area contributed by atoms with Gasteiger partial charge in [-0.05, 0) is 0 Å². The van der Waals surface area contributed by atoms with Gasteiger partial charge in [0.2, 0.25) is 0 Å². The lowest BCUT2D eigenvalue weighted by molar-refractivity contribution is -0.174. The highest BCUT2D eigenvalue weighted by atomic mass is 35.5. The molecule has 0 radical (unpaired) electrons. The molecule has 0 bridgehead atoms. The van der Waals surface area contributed by atoms with Gasteiger partial charge < -0.3 is 10.8 Å². The van der Waals surface area contributed by atoms with Crippen LogP contribution < -0.4 is 5.73 Å². The van der Waals surface area contributed by atoms with Crippen LogP contribution >= 0.6 is 12.4 Å². The number of aliphatic carboxylic acids is 1. The Kier molecular flexibility index (Phi) is 4.42. The van der Waals surface area contributed by atoms with Crippen molar-refractivity contribution in [1.29, 1.82) is 0 Å². The van der Waals surface area contributed by atoms with Crippen LogP contribution in [-0.2, 0) is 4.79 Å². The summed E-state index contributed by atoms with van der Waals surface area (Å²) in [4.78, 5) is 9.50. The second-order valence-corrected chi connectivity index (χ2v) is 1.36. The van der Waals surface area contributed by atoms with E-state index in [2.05, 4.69) is 5.73 Å². The molecular weight excluding hydrogens is 174 g/mol. The summed E-state index contributed by atoms with van der Waals surface area (Å²) in [6.07, 6.45) is -4.84. The van der Waals surface area contributed by atoms with E-state index in [0.717, 1.165) is 0 Å². The van der Waals surface area contributed by atoms with E-state index in [0.29, 0.717) is 0 Å². The van der Waals surface area contributed by atoms with Gasteiger partial charge in [-0.1, -0.05) is 0 Å². The molecule has 0 rings (SSSR count).